The molecule has 4 unspecified atom stereocenters. The molecular formula is C22H22ClFN2O3. The molecule has 7 heteroatoms. The third kappa shape index (κ3) is 3.44. The van der Waals surface area contributed by atoms with Gasteiger partial charge in [-0.15, -0.1) is 0 Å². The van der Waals surface area contributed by atoms with Crippen LogP contribution in [-0.4, -0.2) is 22.8 Å². The lowest BCUT2D eigenvalue weighted by Gasteiger charge is -2.46. The first-order chi connectivity index (χ1) is 13.9. The summed E-state index contributed by atoms with van der Waals surface area (Å²) >= 11 is 6.37. The number of nitriles is 1. The van der Waals surface area contributed by atoms with E-state index in [1.807, 2.05) is 6.92 Å². The van der Waals surface area contributed by atoms with Crippen LogP contribution in [0, 0.1) is 28.5 Å². The maximum absolute atomic E-state index is 13.7. The molecule has 3 rings (SSSR count). The Bertz CT molecular complexity index is 967. The van der Waals surface area contributed by atoms with Gasteiger partial charge in [0.2, 0.25) is 0 Å². The molecule has 2 heterocycles. The molecule has 0 aliphatic carbocycles. The summed E-state index contributed by atoms with van der Waals surface area (Å²) in [4.78, 5) is 17.4. The van der Waals surface area contributed by atoms with Gasteiger partial charge >= 0.3 is 5.97 Å². The molecule has 29 heavy (non-hydrogen) atoms. The van der Waals surface area contributed by atoms with Crippen LogP contribution in [0.3, 0.4) is 0 Å². The molecule has 0 amide bonds. The standard InChI is InChI=1S/C22H22ClFN2O3/c1-3-6-18-22(4-2,21(27)28)19(14-9-8-13(24)11-16(14)23)15(12-25)20(26-18)17-7-5-10-29-17/h5,7-11,15,18-19H,3-4,6H2,1-2H3,(H,27,28). The maximum Gasteiger partial charge on any atom is 0.312 e. The Morgan fingerprint density at radius 3 is 2.69 bits per heavy atom. The van der Waals surface area contributed by atoms with Crippen molar-refractivity contribution in [2.75, 3.05) is 0 Å². The second-order valence-corrected chi connectivity index (χ2v) is 7.65. The second kappa shape index (κ2) is 8.38. The van der Waals surface area contributed by atoms with Gasteiger partial charge in [0.25, 0.3) is 0 Å². The molecule has 1 aromatic heterocycles. The zero-order valence-electron chi connectivity index (χ0n) is 16.2. The Kier molecular flexibility index (Phi) is 6.09. The topological polar surface area (TPSA) is 86.6 Å². The van der Waals surface area contributed by atoms with Crippen LogP contribution in [0.4, 0.5) is 4.39 Å². The van der Waals surface area contributed by atoms with Gasteiger partial charge in [0.15, 0.2) is 0 Å². The Labute approximate surface area is 173 Å². The molecule has 0 saturated heterocycles. The van der Waals surface area contributed by atoms with Gasteiger partial charge in [-0.05, 0) is 42.7 Å². The summed E-state index contributed by atoms with van der Waals surface area (Å²) in [6.07, 6.45) is 2.98. The molecule has 152 valence electrons. The van der Waals surface area contributed by atoms with Crippen molar-refractivity contribution in [1.82, 2.24) is 0 Å². The van der Waals surface area contributed by atoms with E-state index in [4.69, 9.17) is 21.0 Å². The van der Waals surface area contributed by atoms with Crippen molar-refractivity contribution in [3.05, 3.63) is 58.8 Å². The van der Waals surface area contributed by atoms with E-state index < -0.39 is 35.1 Å². The predicted molar refractivity (Wildman–Crippen MR) is 108 cm³/mol. The highest BCUT2D eigenvalue weighted by Gasteiger charge is 2.58. The SMILES string of the molecule is CCCC1N=C(c2ccco2)C(C#N)C(c2ccc(F)cc2Cl)C1(CC)C(=O)O. The highest BCUT2D eigenvalue weighted by atomic mass is 35.5. The number of aliphatic carboxylic acids is 1. The maximum atomic E-state index is 13.7. The zero-order valence-corrected chi connectivity index (χ0v) is 17.0. The van der Waals surface area contributed by atoms with Gasteiger partial charge in [0.05, 0.1) is 35.4 Å². The predicted octanol–water partition coefficient (Wildman–Crippen LogP) is 5.45. The van der Waals surface area contributed by atoms with Gasteiger partial charge < -0.3 is 9.52 Å². The minimum atomic E-state index is -1.35. The minimum Gasteiger partial charge on any atom is -0.481 e. The third-order valence-corrected chi connectivity index (χ3v) is 6.16. The molecule has 5 nitrogen and oxygen atoms in total. The quantitative estimate of drug-likeness (QED) is 0.678. The number of hydrogen-bond donors (Lipinski definition) is 1. The summed E-state index contributed by atoms with van der Waals surface area (Å²) in [5.74, 6) is -2.85. The summed E-state index contributed by atoms with van der Waals surface area (Å²) in [7, 11) is 0. The summed E-state index contributed by atoms with van der Waals surface area (Å²) < 4.78 is 19.2. The molecular weight excluding hydrogens is 395 g/mol. The highest BCUT2D eigenvalue weighted by molar-refractivity contribution is 6.31. The fraction of sp³-hybridized carbons (Fsp3) is 0.409. The molecule has 0 fully saturated rings. The van der Waals surface area contributed by atoms with Crippen LogP contribution < -0.4 is 0 Å². The van der Waals surface area contributed by atoms with Crippen LogP contribution in [0.5, 0.6) is 0 Å². The van der Waals surface area contributed by atoms with Crippen LogP contribution in [0.25, 0.3) is 0 Å². The average Bonchev–Trinajstić information content (AvgIpc) is 3.22. The van der Waals surface area contributed by atoms with E-state index in [2.05, 4.69) is 6.07 Å². The Morgan fingerprint density at radius 1 is 1.41 bits per heavy atom. The first kappa shape index (κ1) is 21.1. The minimum absolute atomic E-state index is 0.102. The number of rotatable bonds is 6. The van der Waals surface area contributed by atoms with Gasteiger partial charge in [-0.1, -0.05) is 37.9 Å². The number of carboxylic acid groups (broad SMARTS) is 1. The number of nitrogens with zero attached hydrogens (tertiary/aromatic N) is 2. The smallest absolute Gasteiger partial charge is 0.312 e. The summed E-state index contributed by atoms with van der Waals surface area (Å²) in [6.45, 7) is 3.74. The second-order valence-electron chi connectivity index (χ2n) is 7.25. The van der Waals surface area contributed by atoms with Gasteiger partial charge in [-0.25, -0.2) is 4.39 Å². The van der Waals surface area contributed by atoms with Crippen LogP contribution in [0.2, 0.25) is 5.02 Å². The first-order valence-corrected chi connectivity index (χ1v) is 9.97. The van der Waals surface area contributed by atoms with Crippen molar-refractivity contribution in [1.29, 1.82) is 5.26 Å². The van der Waals surface area contributed by atoms with E-state index in [0.717, 1.165) is 12.5 Å². The molecule has 1 aromatic carbocycles. The van der Waals surface area contributed by atoms with Gasteiger partial charge in [-0.2, -0.15) is 5.26 Å². The van der Waals surface area contributed by atoms with Crippen molar-refractivity contribution >= 4 is 23.3 Å². The van der Waals surface area contributed by atoms with Crippen molar-refractivity contribution < 1.29 is 18.7 Å². The molecule has 1 N–H and O–H groups in total. The lowest BCUT2D eigenvalue weighted by atomic mass is 9.57. The zero-order chi connectivity index (χ0) is 21.2. The molecule has 0 spiro atoms. The summed E-state index contributed by atoms with van der Waals surface area (Å²) in [5.41, 5.74) is -0.510. The molecule has 1 aliphatic heterocycles. The fourth-order valence-electron chi connectivity index (χ4n) is 4.49. The Hall–Kier alpha value is -2.65. The van der Waals surface area contributed by atoms with E-state index in [0.29, 0.717) is 23.5 Å². The highest BCUT2D eigenvalue weighted by Crippen LogP contribution is 2.54. The van der Waals surface area contributed by atoms with Crippen LogP contribution >= 0.6 is 11.6 Å². The molecule has 2 aromatic rings. The number of carboxylic acids is 1. The number of benzene rings is 1. The fourth-order valence-corrected chi connectivity index (χ4v) is 4.78. The van der Waals surface area contributed by atoms with Crippen molar-refractivity contribution in [2.45, 2.75) is 45.1 Å². The number of aliphatic imine (C=N–C) groups is 1. The molecule has 0 bridgehead atoms. The van der Waals surface area contributed by atoms with Crippen molar-refractivity contribution in [2.24, 2.45) is 16.3 Å². The number of halogens is 2. The van der Waals surface area contributed by atoms with Gasteiger partial charge in [0, 0.05) is 10.9 Å². The number of carbonyl (C=O) groups is 1. The first-order valence-electron chi connectivity index (χ1n) is 9.60. The van der Waals surface area contributed by atoms with Crippen LogP contribution in [-0.2, 0) is 4.79 Å². The lowest BCUT2D eigenvalue weighted by Crippen LogP contribution is -2.53. The van der Waals surface area contributed by atoms with Crippen molar-refractivity contribution in [3.63, 3.8) is 0 Å². The molecule has 0 radical (unpaired) electrons. The average molecular weight is 417 g/mol. The molecule has 1 aliphatic rings. The summed E-state index contributed by atoms with van der Waals surface area (Å²) in [5, 5.41) is 20.6. The number of furan rings is 1. The number of hydrogen-bond acceptors (Lipinski definition) is 4. The van der Waals surface area contributed by atoms with Crippen molar-refractivity contribution in [3.8, 4) is 6.07 Å². The van der Waals surface area contributed by atoms with E-state index >= 15 is 0 Å². The van der Waals surface area contributed by atoms with E-state index in [1.165, 1.54) is 18.4 Å². The van der Waals surface area contributed by atoms with E-state index in [1.54, 1.807) is 19.1 Å². The Balaban J connectivity index is 2.34. The van der Waals surface area contributed by atoms with Gasteiger partial charge in [0.1, 0.15) is 11.6 Å². The normalized spacial score (nSPS) is 26.6. The Morgan fingerprint density at radius 2 is 2.17 bits per heavy atom. The largest absolute Gasteiger partial charge is 0.481 e. The van der Waals surface area contributed by atoms with Gasteiger partial charge in [-0.3, -0.25) is 9.79 Å². The summed E-state index contributed by atoms with van der Waals surface area (Å²) in [6, 6.07) is 8.93. The van der Waals surface area contributed by atoms with E-state index in [-0.39, 0.29) is 11.4 Å². The van der Waals surface area contributed by atoms with Crippen LogP contribution in [0.15, 0.2) is 46.0 Å². The lowest BCUT2D eigenvalue weighted by molar-refractivity contribution is -0.153. The third-order valence-electron chi connectivity index (χ3n) is 5.83. The monoisotopic (exact) mass is 416 g/mol. The van der Waals surface area contributed by atoms with E-state index in [9.17, 15) is 19.6 Å². The molecule has 4 atom stereocenters. The van der Waals surface area contributed by atoms with Crippen LogP contribution in [0.1, 0.15) is 50.4 Å². The molecule has 0 saturated carbocycles.